The lowest BCUT2D eigenvalue weighted by Crippen LogP contribution is -2.27. The van der Waals surface area contributed by atoms with E-state index in [0.29, 0.717) is 5.89 Å². The van der Waals surface area contributed by atoms with Gasteiger partial charge in [0.15, 0.2) is 0 Å². The Morgan fingerprint density at radius 3 is 3.12 bits per heavy atom. The van der Waals surface area contributed by atoms with E-state index in [1.54, 1.807) is 0 Å². The molecule has 2 N–H and O–H groups in total. The zero-order valence-electron chi connectivity index (χ0n) is 14.4. The number of nitrogens with one attached hydrogen (secondary N) is 2. The van der Waals surface area contributed by atoms with E-state index in [9.17, 15) is 4.79 Å². The second-order valence-corrected chi connectivity index (χ2v) is 7.19. The van der Waals surface area contributed by atoms with Crippen LogP contribution in [0.3, 0.4) is 0 Å². The Labute approximate surface area is 150 Å². The molecule has 2 aromatic heterocycles. The fourth-order valence-electron chi connectivity index (χ4n) is 3.74. The maximum absolute atomic E-state index is 12.1. The zero-order valence-corrected chi connectivity index (χ0v) is 14.4. The summed E-state index contributed by atoms with van der Waals surface area (Å²) in [5.41, 5.74) is 2.43. The van der Waals surface area contributed by atoms with Crippen LogP contribution < -0.4 is 5.32 Å². The Morgan fingerprint density at radius 2 is 2.23 bits per heavy atom. The van der Waals surface area contributed by atoms with Crippen molar-refractivity contribution < 1.29 is 9.32 Å². The third-order valence-electron chi connectivity index (χ3n) is 5.26. The molecule has 1 aromatic carbocycles. The standard InChI is InChI=1S/C19H21N5O2/c25-18(21-13-6-7-13)17-22-19(26-23-17)16-5-2-10-24(16)11-12-3-1-4-15-14(12)8-9-20-15/h1,3-4,8-9,13,16,20H,2,5-7,10-11H2,(H,21,25)/t16-/m0/s1. The molecule has 1 aliphatic heterocycles. The second kappa shape index (κ2) is 6.25. The van der Waals surface area contributed by atoms with E-state index in [0.717, 1.165) is 44.3 Å². The van der Waals surface area contributed by atoms with Crippen LogP contribution in [0, 0.1) is 0 Å². The molecular formula is C19H21N5O2. The van der Waals surface area contributed by atoms with Gasteiger partial charge in [-0.25, -0.2) is 0 Å². The number of benzene rings is 1. The van der Waals surface area contributed by atoms with Gasteiger partial charge in [0, 0.05) is 29.7 Å². The first-order chi connectivity index (χ1) is 12.8. The van der Waals surface area contributed by atoms with Crippen LogP contribution >= 0.6 is 0 Å². The van der Waals surface area contributed by atoms with Crippen LogP contribution in [0.5, 0.6) is 0 Å². The van der Waals surface area contributed by atoms with E-state index in [4.69, 9.17) is 4.52 Å². The summed E-state index contributed by atoms with van der Waals surface area (Å²) in [4.78, 5) is 22.1. The predicted octanol–water partition coefficient (Wildman–Crippen LogP) is 2.78. The number of H-pyrrole nitrogens is 1. The predicted molar refractivity (Wildman–Crippen MR) is 95.5 cm³/mol. The lowest BCUT2D eigenvalue weighted by molar-refractivity contribution is 0.0937. The number of hydrogen-bond acceptors (Lipinski definition) is 5. The topological polar surface area (TPSA) is 87.0 Å². The number of aromatic amines is 1. The summed E-state index contributed by atoms with van der Waals surface area (Å²) in [5, 5.41) is 8.04. The molecule has 2 fully saturated rings. The number of nitrogens with zero attached hydrogens (tertiary/aromatic N) is 3. The minimum atomic E-state index is -0.232. The normalized spacial score (nSPS) is 20.7. The van der Waals surface area contributed by atoms with Crippen molar-refractivity contribution in [3.8, 4) is 0 Å². The number of hydrogen-bond donors (Lipinski definition) is 2. The highest BCUT2D eigenvalue weighted by molar-refractivity contribution is 5.90. The van der Waals surface area contributed by atoms with Gasteiger partial charge in [-0.2, -0.15) is 4.98 Å². The number of carbonyl (C=O) groups excluding carboxylic acids is 1. The minimum absolute atomic E-state index is 0.0687. The van der Waals surface area contributed by atoms with Crippen LogP contribution in [0.15, 0.2) is 35.0 Å². The molecule has 7 heteroatoms. The van der Waals surface area contributed by atoms with Crippen LogP contribution in [0.2, 0.25) is 0 Å². The van der Waals surface area contributed by atoms with Gasteiger partial charge in [-0.1, -0.05) is 17.3 Å². The van der Waals surface area contributed by atoms with Crippen molar-refractivity contribution in [2.75, 3.05) is 6.54 Å². The molecule has 134 valence electrons. The molecule has 1 saturated carbocycles. The van der Waals surface area contributed by atoms with Crippen LogP contribution in [0.1, 0.15) is 53.8 Å². The first-order valence-corrected chi connectivity index (χ1v) is 9.21. The number of amides is 1. The van der Waals surface area contributed by atoms with Gasteiger partial charge in [0.25, 0.3) is 11.7 Å². The van der Waals surface area contributed by atoms with Crippen molar-refractivity contribution in [3.63, 3.8) is 0 Å². The molecule has 1 aliphatic carbocycles. The summed E-state index contributed by atoms with van der Waals surface area (Å²) in [5.74, 6) is 0.459. The number of rotatable bonds is 5. The maximum Gasteiger partial charge on any atom is 0.292 e. The Kier molecular flexibility index (Phi) is 3.74. The van der Waals surface area contributed by atoms with Gasteiger partial charge >= 0.3 is 0 Å². The number of fused-ring (bicyclic) bond motifs is 1. The minimum Gasteiger partial charge on any atom is -0.361 e. The lowest BCUT2D eigenvalue weighted by Gasteiger charge is -2.21. The van der Waals surface area contributed by atoms with Crippen LogP contribution in [-0.2, 0) is 6.54 Å². The Hall–Kier alpha value is -2.67. The first kappa shape index (κ1) is 15.6. The van der Waals surface area contributed by atoms with Gasteiger partial charge in [0.05, 0.1) is 6.04 Å². The quantitative estimate of drug-likeness (QED) is 0.738. The van der Waals surface area contributed by atoms with Crippen molar-refractivity contribution in [3.05, 3.63) is 47.7 Å². The van der Waals surface area contributed by atoms with Crippen molar-refractivity contribution in [2.24, 2.45) is 0 Å². The van der Waals surface area contributed by atoms with E-state index < -0.39 is 0 Å². The van der Waals surface area contributed by atoms with Crippen molar-refractivity contribution in [2.45, 2.75) is 44.3 Å². The van der Waals surface area contributed by atoms with Gasteiger partial charge in [0.2, 0.25) is 5.89 Å². The van der Waals surface area contributed by atoms with Crippen LogP contribution in [-0.4, -0.2) is 38.5 Å². The SMILES string of the molecule is O=C(NC1CC1)c1noc([C@@H]2CCCN2Cc2cccc3[nH]ccc23)n1. The molecule has 1 atom stereocenters. The summed E-state index contributed by atoms with van der Waals surface area (Å²) < 4.78 is 5.44. The van der Waals surface area contributed by atoms with E-state index in [1.807, 2.05) is 6.20 Å². The highest BCUT2D eigenvalue weighted by Gasteiger charge is 2.32. The molecule has 26 heavy (non-hydrogen) atoms. The van der Waals surface area contributed by atoms with Gasteiger partial charge in [-0.15, -0.1) is 0 Å². The molecule has 3 heterocycles. The highest BCUT2D eigenvalue weighted by Crippen LogP contribution is 2.33. The second-order valence-electron chi connectivity index (χ2n) is 7.19. The molecule has 2 aliphatic rings. The molecule has 7 nitrogen and oxygen atoms in total. The summed E-state index contributed by atoms with van der Waals surface area (Å²) in [6, 6.07) is 8.79. The number of likely N-dealkylation sites (tertiary alicyclic amines) is 1. The summed E-state index contributed by atoms with van der Waals surface area (Å²) in [6.45, 7) is 1.81. The van der Waals surface area contributed by atoms with E-state index >= 15 is 0 Å². The zero-order chi connectivity index (χ0) is 17.5. The van der Waals surface area contributed by atoms with Gasteiger partial charge in [-0.3, -0.25) is 9.69 Å². The van der Waals surface area contributed by atoms with E-state index in [2.05, 4.69) is 49.6 Å². The van der Waals surface area contributed by atoms with Gasteiger partial charge < -0.3 is 14.8 Å². The third kappa shape index (κ3) is 2.88. The first-order valence-electron chi connectivity index (χ1n) is 9.21. The summed E-state index contributed by atoms with van der Waals surface area (Å²) in [6.07, 6.45) is 6.10. The van der Waals surface area contributed by atoms with Crippen molar-refractivity contribution in [1.82, 2.24) is 25.3 Å². The molecule has 1 amide bonds. The molecule has 0 unspecified atom stereocenters. The molecule has 0 radical (unpaired) electrons. The summed E-state index contributed by atoms with van der Waals surface area (Å²) >= 11 is 0. The van der Waals surface area contributed by atoms with E-state index in [-0.39, 0.29) is 23.8 Å². The van der Waals surface area contributed by atoms with Crippen molar-refractivity contribution in [1.29, 1.82) is 0 Å². The number of aromatic nitrogens is 3. The average molecular weight is 351 g/mol. The Bertz CT molecular complexity index is 942. The van der Waals surface area contributed by atoms with Crippen LogP contribution in [0.25, 0.3) is 10.9 Å². The van der Waals surface area contributed by atoms with Gasteiger partial charge in [0.1, 0.15) is 0 Å². The Morgan fingerprint density at radius 1 is 1.31 bits per heavy atom. The third-order valence-corrected chi connectivity index (χ3v) is 5.26. The lowest BCUT2D eigenvalue weighted by atomic mass is 10.1. The average Bonchev–Trinajstić information content (AvgIpc) is 3.09. The molecule has 1 saturated heterocycles. The molecular weight excluding hydrogens is 330 g/mol. The molecule has 0 bridgehead atoms. The fraction of sp³-hybridized carbons (Fsp3) is 0.421. The van der Waals surface area contributed by atoms with Gasteiger partial charge in [-0.05, 0) is 49.9 Å². The number of carbonyl (C=O) groups is 1. The Balaban J connectivity index is 1.35. The molecule has 3 aromatic rings. The summed E-state index contributed by atoms with van der Waals surface area (Å²) in [7, 11) is 0. The maximum atomic E-state index is 12.1. The largest absolute Gasteiger partial charge is 0.361 e. The smallest absolute Gasteiger partial charge is 0.292 e. The fourth-order valence-corrected chi connectivity index (χ4v) is 3.74. The monoisotopic (exact) mass is 351 g/mol. The molecule has 5 rings (SSSR count). The van der Waals surface area contributed by atoms with Crippen LogP contribution in [0.4, 0.5) is 0 Å². The van der Waals surface area contributed by atoms with Crippen molar-refractivity contribution >= 4 is 16.8 Å². The van der Waals surface area contributed by atoms with E-state index in [1.165, 1.54) is 10.9 Å². The molecule has 0 spiro atoms. The highest BCUT2D eigenvalue weighted by atomic mass is 16.5.